The Hall–Kier alpha value is -0.650. The molecule has 0 aliphatic heterocycles. The highest BCUT2D eigenvalue weighted by Crippen LogP contribution is 1.94. The van der Waals surface area contributed by atoms with E-state index in [9.17, 15) is 4.79 Å². The van der Waals surface area contributed by atoms with Crippen molar-refractivity contribution in [1.82, 2.24) is 10.2 Å². The highest BCUT2D eigenvalue weighted by Gasteiger charge is 2.08. The quantitative estimate of drug-likeness (QED) is 0.580. The van der Waals surface area contributed by atoms with E-state index >= 15 is 0 Å². The number of methoxy groups -OCH3 is 2. The molecule has 0 aromatic heterocycles. The number of hydrogen-bond donors (Lipinski definition) is 1. The third kappa shape index (κ3) is 9.09. The average molecular weight is 246 g/mol. The van der Waals surface area contributed by atoms with Crippen LogP contribution in [0.4, 0.5) is 0 Å². The zero-order valence-electron chi connectivity index (χ0n) is 11.5. The summed E-state index contributed by atoms with van der Waals surface area (Å²) < 4.78 is 9.96. The van der Waals surface area contributed by atoms with E-state index in [0.717, 1.165) is 13.1 Å². The summed E-state index contributed by atoms with van der Waals surface area (Å²) in [6, 6.07) is 0. The van der Waals surface area contributed by atoms with Crippen LogP contribution in [0.2, 0.25) is 0 Å². The highest BCUT2D eigenvalue weighted by atomic mass is 16.7. The summed E-state index contributed by atoms with van der Waals surface area (Å²) in [6.07, 6.45) is 2.50. The maximum Gasteiger partial charge on any atom is 0.221 e. The van der Waals surface area contributed by atoms with E-state index in [0.29, 0.717) is 13.0 Å². The Bertz CT molecular complexity index is 196. The van der Waals surface area contributed by atoms with Crippen LogP contribution in [0.5, 0.6) is 0 Å². The van der Waals surface area contributed by atoms with Crippen molar-refractivity contribution in [3.05, 3.63) is 0 Å². The molecule has 0 saturated heterocycles. The molecular weight excluding hydrogens is 220 g/mol. The predicted molar refractivity (Wildman–Crippen MR) is 67.8 cm³/mol. The lowest BCUT2D eigenvalue weighted by atomic mass is 10.3. The summed E-state index contributed by atoms with van der Waals surface area (Å²) >= 11 is 0. The minimum atomic E-state index is -0.364. The van der Waals surface area contributed by atoms with Gasteiger partial charge in [0.2, 0.25) is 5.91 Å². The van der Waals surface area contributed by atoms with Gasteiger partial charge in [0.15, 0.2) is 6.29 Å². The van der Waals surface area contributed by atoms with Crippen LogP contribution in [0, 0.1) is 0 Å². The summed E-state index contributed by atoms with van der Waals surface area (Å²) in [7, 11) is 5.15. The van der Waals surface area contributed by atoms with Gasteiger partial charge in [0, 0.05) is 27.2 Å². The van der Waals surface area contributed by atoms with Crippen LogP contribution in [-0.2, 0) is 14.3 Å². The second-order valence-electron chi connectivity index (χ2n) is 4.11. The molecule has 0 aliphatic carbocycles. The molecule has 0 aliphatic rings. The predicted octanol–water partition coefficient (Wildman–Crippen LogP) is 0.844. The van der Waals surface area contributed by atoms with Crippen molar-refractivity contribution >= 4 is 5.91 Å². The van der Waals surface area contributed by atoms with Gasteiger partial charge >= 0.3 is 0 Å². The number of nitrogens with one attached hydrogen (secondary N) is 1. The fraction of sp³-hybridized carbons (Fsp3) is 0.917. The summed E-state index contributed by atoms with van der Waals surface area (Å²) in [5.74, 6) is 0.0347. The van der Waals surface area contributed by atoms with Crippen LogP contribution in [0.3, 0.4) is 0 Å². The first kappa shape index (κ1) is 16.4. The van der Waals surface area contributed by atoms with E-state index < -0.39 is 0 Å². The molecule has 5 heteroatoms. The van der Waals surface area contributed by atoms with Gasteiger partial charge in [-0.2, -0.15) is 0 Å². The number of rotatable bonds is 10. The molecule has 0 atom stereocenters. The summed E-state index contributed by atoms with van der Waals surface area (Å²) in [5.41, 5.74) is 0. The summed E-state index contributed by atoms with van der Waals surface area (Å²) in [5, 5.41) is 2.78. The normalized spacial score (nSPS) is 11.2. The second kappa shape index (κ2) is 10.5. The molecule has 0 unspecified atom stereocenters. The molecule has 0 fully saturated rings. The topological polar surface area (TPSA) is 50.8 Å². The number of carbonyl (C=O) groups is 1. The molecule has 0 radical (unpaired) electrons. The SMILES string of the molecule is CCCCN(C)CCC(=O)NCC(OC)OC. The molecule has 17 heavy (non-hydrogen) atoms. The lowest BCUT2D eigenvalue weighted by Crippen LogP contribution is -2.35. The van der Waals surface area contributed by atoms with E-state index in [4.69, 9.17) is 9.47 Å². The van der Waals surface area contributed by atoms with Crippen LogP contribution >= 0.6 is 0 Å². The van der Waals surface area contributed by atoms with Gasteiger partial charge in [-0.15, -0.1) is 0 Å². The van der Waals surface area contributed by atoms with E-state index in [2.05, 4.69) is 17.1 Å². The highest BCUT2D eigenvalue weighted by molar-refractivity contribution is 5.76. The molecule has 0 rings (SSSR count). The third-order valence-corrected chi connectivity index (χ3v) is 2.61. The first-order valence-electron chi connectivity index (χ1n) is 6.14. The Labute approximate surface area is 104 Å². The summed E-state index contributed by atoms with van der Waals surface area (Å²) in [4.78, 5) is 13.7. The van der Waals surface area contributed by atoms with Crippen LogP contribution in [0.25, 0.3) is 0 Å². The molecule has 1 N–H and O–H groups in total. The van der Waals surface area contributed by atoms with Crippen LogP contribution < -0.4 is 5.32 Å². The standard InChI is InChI=1S/C12H26N2O3/c1-5-6-8-14(2)9-7-11(15)13-10-12(16-3)17-4/h12H,5-10H2,1-4H3,(H,13,15). The monoisotopic (exact) mass is 246 g/mol. The van der Waals surface area contributed by atoms with Crippen molar-refractivity contribution in [2.75, 3.05) is 40.9 Å². The van der Waals surface area contributed by atoms with Gasteiger partial charge in [-0.25, -0.2) is 0 Å². The first-order valence-corrected chi connectivity index (χ1v) is 6.14. The number of ether oxygens (including phenoxy) is 2. The second-order valence-corrected chi connectivity index (χ2v) is 4.11. The van der Waals surface area contributed by atoms with Crippen molar-refractivity contribution in [2.24, 2.45) is 0 Å². The molecule has 0 aromatic rings. The van der Waals surface area contributed by atoms with Gasteiger partial charge in [0.25, 0.3) is 0 Å². The Balaban J connectivity index is 3.58. The van der Waals surface area contributed by atoms with Crippen molar-refractivity contribution in [1.29, 1.82) is 0 Å². The van der Waals surface area contributed by atoms with Crippen molar-refractivity contribution in [2.45, 2.75) is 32.5 Å². The van der Waals surface area contributed by atoms with Crippen molar-refractivity contribution < 1.29 is 14.3 Å². The van der Waals surface area contributed by atoms with E-state index in [1.165, 1.54) is 12.8 Å². The van der Waals surface area contributed by atoms with Crippen LogP contribution in [-0.4, -0.2) is 58.0 Å². The van der Waals surface area contributed by atoms with Crippen LogP contribution in [0.1, 0.15) is 26.2 Å². The Morgan fingerprint density at radius 2 is 1.94 bits per heavy atom. The van der Waals surface area contributed by atoms with Crippen molar-refractivity contribution in [3.8, 4) is 0 Å². The van der Waals surface area contributed by atoms with Gasteiger partial charge in [-0.1, -0.05) is 13.3 Å². The molecule has 1 amide bonds. The maximum absolute atomic E-state index is 11.5. The van der Waals surface area contributed by atoms with E-state index in [1.807, 2.05) is 7.05 Å². The largest absolute Gasteiger partial charge is 0.354 e. The average Bonchev–Trinajstić information content (AvgIpc) is 2.35. The van der Waals surface area contributed by atoms with E-state index in [1.54, 1.807) is 14.2 Å². The Morgan fingerprint density at radius 1 is 1.29 bits per heavy atom. The lowest BCUT2D eigenvalue weighted by Gasteiger charge is -2.17. The molecule has 0 saturated carbocycles. The number of hydrogen-bond acceptors (Lipinski definition) is 4. The summed E-state index contributed by atoms with van der Waals surface area (Å²) in [6.45, 7) is 4.39. The van der Waals surface area contributed by atoms with Gasteiger partial charge in [-0.3, -0.25) is 4.79 Å². The van der Waals surface area contributed by atoms with Crippen LogP contribution in [0.15, 0.2) is 0 Å². The molecule has 0 spiro atoms. The fourth-order valence-electron chi connectivity index (χ4n) is 1.38. The van der Waals surface area contributed by atoms with E-state index in [-0.39, 0.29) is 12.2 Å². The zero-order valence-corrected chi connectivity index (χ0v) is 11.5. The zero-order chi connectivity index (χ0) is 13.1. The molecular formula is C12H26N2O3. The Morgan fingerprint density at radius 3 is 2.47 bits per heavy atom. The maximum atomic E-state index is 11.5. The number of unbranched alkanes of at least 4 members (excludes halogenated alkanes) is 1. The van der Waals surface area contributed by atoms with Gasteiger partial charge in [0.05, 0.1) is 6.54 Å². The molecule has 0 bridgehead atoms. The third-order valence-electron chi connectivity index (χ3n) is 2.61. The van der Waals surface area contributed by atoms with Gasteiger partial charge in [0.1, 0.15) is 0 Å². The number of carbonyl (C=O) groups excluding carboxylic acids is 1. The molecule has 0 heterocycles. The Kier molecular flexibility index (Phi) is 10.1. The fourth-order valence-corrected chi connectivity index (χ4v) is 1.38. The first-order chi connectivity index (χ1) is 8.13. The lowest BCUT2D eigenvalue weighted by molar-refractivity contribution is -0.127. The molecule has 0 aromatic carbocycles. The number of amides is 1. The molecule has 5 nitrogen and oxygen atoms in total. The van der Waals surface area contributed by atoms with Gasteiger partial charge in [-0.05, 0) is 20.0 Å². The van der Waals surface area contributed by atoms with Gasteiger partial charge < -0.3 is 19.7 Å². The smallest absolute Gasteiger partial charge is 0.221 e. The minimum absolute atomic E-state index is 0.0347. The number of nitrogens with zero attached hydrogens (tertiary/aromatic N) is 1. The molecule has 102 valence electrons. The minimum Gasteiger partial charge on any atom is -0.354 e. The van der Waals surface area contributed by atoms with Crippen molar-refractivity contribution in [3.63, 3.8) is 0 Å².